The summed E-state index contributed by atoms with van der Waals surface area (Å²) >= 11 is 0. The Morgan fingerprint density at radius 1 is 1.55 bits per heavy atom. The van der Waals surface area contributed by atoms with Crippen molar-refractivity contribution in [3.05, 3.63) is 17.5 Å². The minimum atomic E-state index is -0.157. The van der Waals surface area contributed by atoms with Gasteiger partial charge in [0, 0.05) is 24.1 Å². The molecule has 0 radical (unpaired) electrons. The van der Waals surface area contributed by atoms with Crippen LogP contribution in [0, 0.1) is 0 Å². The lowest BCUT2D eigenvalue weighted by Gasteiger charge is -2.30. The van der Waals surface area contributed by atoms with Gasteiger partial charge in [0.1, 0.15) is 0 Å². The zero-order valence-corrected chi connectivity index (χ0v) is 12.6. The molecule has 1 aliphatic heterocycles. The molecule has 2 heterocycles. The molecule has 2 unspecified atom stereocenters. The first-order valence-corrected chi connectivity index (χ1v) is 7.66. The summed E-state index contributed by atoms with van der Waals surface area (Å²) in [5, 5.41) is 10.4. The Morgan fingerprint density at radius 2 is 2.30 bits per heavy atom. The van der Waals surface area contributed by atoms with Gasteiger partial charge in [0.2, 0.25) is 5.76 Å². The molecule has 0 bridgehead atoms. The molecule has 20 heavy (non-hydrogen) atoms. The highest BCUT2D eigenvalue weighted by Gasteiger charge is 2.25. The van der Waals surface area contributed by atoms with Crippen molar-refractivity contribution in [1.82, 2.24) is 15.8 Å². The summed E-state index contributed by atoms with van der Waals surface area (Å²) in [5.74, 6) is 0.538. The number of carbonyl (C=O) groups excluding carboxylic acids is 1. The molecule has 0 spiro atoms. The third-order valence-electron chi connectivity index (χ3n) is 4.23. The third-order valence-corrected chi connectivity index (χ3v) is 4.23. The summed E-state index contributed by atoms with van der Waals surface area (Å²) in [4.78, 5) is 12.2. The fourth-order valence-electron chi connectivity index (χ4n) is 2.78. The van der Waals surface area contributed by atoms with E-state index in [4.69, 9.17) is 4.52 Å². The minimum absolute atomic E-state index is 0.157. The van der Waals surface area contributed by atoms with Crippen LogP contribution in [0.15, 0.2) is 10.6 Å². The molecule has 0 saturated carbocycles. The molecule has 1 amide bonds. The number of nitrogens with one attached hydrogen (secondary N) is 2. The van der Waals surface area contributed by atoms with Gasteiger partial charge in [-0.2, -0.15) is 0 Å². The average molecular weight is 279 g/mol. The van der Waals surface area contributed by atoms with Crippen LogP contribution in [0.2, 0.25) is 0 Å². The standard InChI is InChI=1S/C15H25N3O2/c1-4-11(5-2)13-9-14(20-18-13)15(19)17-12-7-6-8-16-10(12)3/h9-12,16H,4-8H2,1-3H3,(H,17,19). The molecule has 1 fully saturated rings. The molecule has 5 heteroatoms. The molecule has 2 atom stereocenters. The van der Waals surface area contributed by atoms with Crippen LogP contribution in [0.5, 0.6) is 0 Å². The number of hydrogen-bond donors (Lipinski definition) is 2. The molecule has 2 rings (SSSR count). The molecule has 1 saturated heterocycles. The van der Waals surface area contributed by atoms with Crippen molar-refractivity contribution in [1.29, 1.82) is 0 Å². The highest BCUT2D eigenvalue weighted by Crippen LogP contribution is 2.22. The minimum Gasteiger partial charge on any atom is -0.351 e. The lowest BCUT2D eigenvalue weighted by Crippen LogP contribution is -2.51. The van der Waals surface area contributed by atoms with E-state index in [0.29, 0.717) is 17.7 Å². The van der Waals surface area contributed by atoms with E-state index in [1.54, 1.807) is 6.07 Å². The molecular weight excluding hydrogens is 254 g/mol. The number of hydrogen-bond acceptors (Lipinski definition) is 4. The van der Waals surface area contributed by atoms with Crippen LogP contribution in [0.3, 0.4) is 0 Å². The maximum atomic E-state index is 12.2. The quantitative estimate of drug-likeness (QED) is 0.868. The SMILES string of the molecule is CCC(CC)c1cc(C(=O)NC2CCCNC2C)on1. The maximum absolute atomic E-state index is 12.2. The number of carbonyl (C=O) groups is 1. The number of nitrogens with zero attached hydrogens (tertiary/aromatic N) is 1. The summed E-state index contributed by atoms with van der Waals surface area (Å²) in [5.41, 5.74) is 0.884. The van der Waals surface area contributed by atoms with Gasteiger partial charge in [-0.15, -0.1) is 0 Å². The first-order valence-electron chi connectivity index (χ1n) is 7.66. The monoisotopic (exact) mass is 279 g/mol. The molecular formula is C15H25N3O2. The van der Waals surface area contributed by atoms with Crippen molar-refractivity contribution in [2.24, 2.45) is 0 Å². The second-order valence-corrected chi connectivity index (χ2v) is 5.59. The lowest BCUT2D eigenvalue weighted by atomic mass is 9.99. The lowest BCUT2D eigenvalue weighted by molar-refractivity contribution is 0.0882. The van der Waals surface area contributed by atoms with Gasteiger partial charge in [-0.05, 0) is 39.2 Å². The number of rotatable bonds is 5. The van der Waals surface area contributed by atoms with Gasteiger partial charge < -0.3 is 15.2 Å². The van der Waals surface area contributed by atoms with E-state index in [1.807, 2.05) is 0 Å². The van der Waals surface area contributed by atoms with E-state index in [9.17, 15) is 4.79 Å². The summed E-state index contributed by atoms with van der Waals surface area (Å²) in [6, 6.07) is 2.25. The van der Waals surface area contributed by atoms with Gasteiger partial charge in [0.25, 0.3) is 5.91 Å². The smallest absolute Gasteiger partial charge is 0.290 e. The number of piperidine rings is 1. The Morgan fingerprint density at radius 3 is 2.95 bits per heavy atom. The van der Waals surface area contributed by atoms with E-state index < -0.39 is 0 Å². The van der Waals surface area contributed by atoms with Crippen molar-refractivity contribution in [3.63, 3.8) is 0 Å². The fraction of sp³-hybridized carbons (Fsp3) is 0.733. The molecule has 2 N–H and O–H groups in total. The topological polar surface area (TPSA) is 67.2 Å². The van der Waals surface area contributed by atoms with E-state index in [2.05, 4.69) is 36.6 Å². The van der Waals surface area contributed by atoms with E-state index in [1.165, 1.54) is 0 Å². The van der Waals surface area contributed by atoms with Crippen LogP contribution >= 0.6 is 0 Å². The third kappa shape index (κ3) is 3.39. The Kier molecular flexibility index (Phi) is 5.17. The predicted octanol–water partition coefficient (Wildman–Crippen LogP) is 2.45. The summed E-state index contributed by atoms with van der Waals surface area (Å²) in [6.07, 6.45) is 4.11. The van der Waals surface area contributed by atoms with Gasteiger partial charge in [-0.25, -0.2) is 0 Å². The second kappa shape index (κ2) is 6.88. The van der Waals surface area contributed by atoms with Gasteiger partial charge in [0.05, 0.1) is 5.69 Å². The zero-order valence-electron chi connectivity index (χ0n) is 12.6. The van der Waals surface area contributed by atoms with Crippen LogP contribution in [0.4, 0.5) is 0 Å². The van der Waals surface area contributed by atoms with Crippen LogP contribution in [-0.4, -0.2) is 29.7 Å². The second-order valence-electron chi connectivity index (χ2n) is 5.59. The summed E-state index contributed by atoms with van der Waals surface area (Å²) in [7, 11) is 0. The molecule has 1 aromatic heterocycles. The Labute approximate surface area is 120 Å². The Balaban J connectivity index is 1.98. The van der Waals surface area contributed by atoms with Gasteiger partial charge in [0.15, 0.2) is 0 Å². The zero-order chi connectivity index (χ0) is 14.5. The van der Waals surface area contributed by atoms with Gasteiger partial charge >= 0.3 is 0 Å². The largest absolute Gasteiger partial charge is 0.351 e. The molecule has 0 aromatic carbocycles. The maximum Gasteiger partial charge on any atom is 0.290 e. The van der Waals surface area contributed by atoms with Crippen molar-refractivity contribution in [3.8, 4) is 0 Å². The van der Waals surface area contributed by atoms with E-state index >= 15 is 0 Å². The van der Waals surface area contributed by atoms with Crippen LogP contribution < -0.4 is 10.6 Å². The normalized spacial score (nSPS) is 23.0. The predicted molar refractivity (Wildman–Crippen MR) is 77.8 cm³/mol. The first-order chi connectivity index (χ1) is 9.65. The van der Waals surface area contributed by atoms with Crippen LogP contribution in [-0.2, 0) is 0 Å². The Hall–Kier alpha value is -1.36. The summed E-state index contributed by atoms with van der Waals surface area (Å²) < 4.78 is 5.21. The van der Waals surface area contributed by atoms with Crippen LogP contribution in [0.25, 0.3) is 0 Å². The molecule has 5 nitrogen and oxygen atoms in total. The van der Waals surface area contributed by atoms with Gasteiger partial charge in [-0.1, -0.05) is 19.0 Å². The number of amides is 1. The summed E-state index contributed by atoms with van der Waals surface area (Å²) in [6.45, 7) is 7.37. The van der Waals surface area contributed by atoms with E-state index in [-0.39, 0.29) is 11.9 Å². The number of aromatic nitrogens is 1. The van der Waals surface area contributed by atoms with Crippen molar-refractivity contribution in [2.45, 2.75) is 64.5 Å². The molecule has 0 aliphatic carbocycles. The molecule has 1 aliphatic rings. The van der Waals surface area contributed by atoms with Crippen molar-refractivity contribution >= 4 is 5.91 Å². The van der Waals surface area contributed by atoms with Crippen molar-refractivity contribution < 1.29 is 9.32 Å². The Bertz CT molecular complexity index is 440. The van der Waals surface area contributed by atoms with Crippen LogP contribution in [0.1, 0.15) is 68.6 Å². The first kappa shape index (κ1) is 15.0. The highest BCUT2D eigenvalue weighted by atomic mass is 16.5. The highest BCUT2D eigenvalue weighted by molar-refractivity contribution is 5.91. The van der Waals surface area contributed by atoms with E-state index in [0.717, 1.165) is 37.9 Å². The van der Waals surface area contributed by atoms with Crippen molar-refractivity contribution in [2.75, 3.05) is 6.54 Å². The van der Waals surface area contributed by atoms with Gasteiger partial charge in [-0.3, -0.25) is 4.79 Å². The fourth-order valence-corrected chi connectivity index (χ4v) is 2.78. The molecule has 1 aromatic rings. The molecule has 112 valence electrons. The average Bonchev–Trinajstić information content (AvgIpc) is 2.92.